The molecule has 6 nitrogen and oxygen atoms in total. The number of aliphatic hydroxyl groups excluding tert-OH is 1. The van der Waals surface area contributed by atoms with Gasteiger partial charge in [-0.2, -0.15) is 0 Å². The molecule has 0 bridgehead atoms. The molecule has 1 heterocycles. The third kappa shape index (κ3) is 5.42. The number of carbonyl (C=O) groups excluding carboxylic acids is 2. The van der Waals surface area contributed by atoms with Gasteiger partial charge in [-0.25, -0.2) is 4.79 Å². The monoisotopic (exact) mass is 457 g/mol. The lowest BCUT2D eigenvalue weighted by Crippen LogP contribution is -2.22. The van der Waals surface area contributed by atoms with Crippen LogP contribution in [0.15, 0.2) is 79.0 Å². The Kier molecular flexibility index (Phi) is 6.63. The van der Waals surface area contributed by atoms with Crippen molar-refractivity contribution in [2.75, 3.05) is 0 Å². The first kappa shape index (κ1) is 23.4. The number of rotatable bonds is 7. The van der Waals surface area contributed by atoms with E-state index in [9.17, 15) is 14.7 Å². The van der Waals surface area contributed by atoms with E-state index in [1.807, 2.05) is 61.7 Å². The van der Waals surface area contributed by atoms with Crippen molar-refractivity contribution < 1.29 is 24.2 Å². The third-order valence-electron chi connectivity index (χ3n) is 5.31. The van der Waals surface area contributed by atoms with E-state index < -0.39 is 17.9 Å². The lowest BCUT2D eigenvalue weighted by Gasteiger charge is -2.24. The SMILES string of the molecule is CC(C)(C)OC(O)c1ccc(Cn2cc(C=O)c3cc(OC(=O)c4ccccc4)ccc32)cc1. The molecule has 0 saturated carbocycles. The van der Waals surface area contributed by atoms with Gasteiger partial charge in [0.2, 0.25) is 0 Å². The fraction of sp³-hybridized carbons (Fsp3) is 0.214. The van der Waals surface area contributed by atoms with Gasteiger partial charge in [-0.05, 0) is 56.7 Å². The minimum Gasteiger partial charge on any atom is -0.423 e. The van der Waals surface area contributed by atoms with E-state index in [0.29, 0.717) is 34.4 Å². The summed E-state index contributed by atoms with van der Waals surface area (Å²) in [6.07, 6.45) is 1.58. The second-order valence-corrected chi connectivity index (χ2v) is 9.09. The fourth-order valence-electron chi connectivity index (χ4n) is 3.72. The van der Waals surface area contributed by atoms with E-state index in [2.05, 4.69) is 0 Å². The van der Waals surface area contributed by atoms with Crippen LogP contribution in [0.25, 0.3) is 10.9 Å². The topological polar surface area (TPSA) is 77.8 Å². The van der Waals surface area contributed by atoms with E-state index in [1.54, 1.807) is 42.6 Å². The van der Waals surface area contributed by atoms with Crippen LogP contribution in [0.4, 0.5) is 0 Å². The van der Waals surface area contributed by atoms with Crippen LogP contribution < -0.4 is 4.74 Å². The van der Waals surface area contributed by atoms with E-state index in [1.165, 1.54) is 0 Å². The smallest absolute Gasteiger partial charge is 0.343 e. The molecule has 174 valence electrons. The Balaban J connectivity index is 1.54. The van der Waals surface area contributed by atoms with E-state index in [-0.39, 0.29) is 0 Å². The van der Waals surface area contributed by atoms with Gasteiger partial charge in [-0.1, -0.05) is 42.5 Å². The molecular weight excluding hydrogens is 430 g/mol. The highest BCUT2D eigenvalue weighted by Crippen LogP contribution is 2.27. The molecule has 0 aliphatic rings. The molecule has 0 radical (unpaired) electrons. The van der Waals surface area contributed by atoms with Gasteiger partial charge >= 0.3 is 5.97 Å². The summed E-state index contributed by atoms with van der Waals surface area (Å²) in [5.74, 6) is -0.0795. The van der Waals surface area contributed by atoms with E-state index in [4.69, 9.17) is 9.47 Å². The molecule has 34 heavy (non-hydrogen) atoms. The standard InChI is InChI=1S/C28H27NO5/c1-28(2,3)34-27(32)21-11-9-19(10-12-21)16-29-17-22(18-30)24-15-23(13-14-25(24)29)33-26(31)20-7-5-4-6-8-20/h4-15,17-18,27,32H,16H2,1-3H3. The van der Waals surface area contributed by atoms with Gasteiger partial charge in [0, 0.05) is 34.8 Å². The molecule has 6 heteroatoms. The van der Waals surface area contributed by atoms with Crippen LogP contribution in [0, 0.1) is 0 Å². The number of hydrogen-bond donors (Lipinski definition) is 1. The van der Waals surface area contributed by atoms with Crippen molar-refractivity contribution >= 4 is 23.2 Å². The van der Waals surface area contributed by atoms with Crippen LogP contribution in [0.2, 0.25) is 0 Å². The maximum absolute atomic E-state index is 12.4. The second-order valence-electron chi connectivity index (χ2n) is 9.09. The molecular formula is C28H27NO5. The highest BCUT2D eigenvalue weighted by Gasteiger charge is 2.18. The molecule has 0 saturated heterocycles. The highest BCUT2D eigenvalue weighted by molar-refractivity contribution is 5.99. The number of aliphatic hydroxyl groups is 1. The Morgan fingerprint density at radius 3 is 2.38 bits per heavy atom. The summed E-state index contributed by atoms with van der Waals surface area (Å²) < 4.78 is 13.1. The predicted molar refractivity (Wildman–Crippen MR) is 130 cm³/mol. The normalized spacial score (nSPS) is 12.5. The molecule has 0 amide bonds. The molecule has 1 atom stereocenters. The van der Waals surface area contributed by atoms with E-state index >= 15 is 0 Å². The number of ether oxygens (including phenoxy) is 2. The quantitative estimate of drug-likeness (QED) is 0.171. The van der Waals surface area contributed by atoms with Crippen molar-refractivity contribution in [3.05, 3.63) is 101 Å². The van der Waals surface area contributed by atoms with Crippen LogP contribution in [0.1, 0.15) is 58.9 Å². The second kappa shape index (κ2) is 9.63. The molecule has 1 unspecified atom stereocenters. The third-order valence-corrected chi connectivity index (χ3v) is 5.31. The molecule has 1 aromatic heterocycles. The molecule has 0 fully saturated rings. The minimum absolute atomic E-state index is 0.374. The van der Waals surface area contributed by atoms with Gasteiger partial charge in [0.25, 0.3) is 0 Å². The van der Waals surface area contributed by atoms with Gasteiger partial charge in [0.1, 0.15) is 5.75 Å². The largest absolute Gasteiger partial charge is 0.423 e. The molecule has 1 N–H and O–H groups in total. The lowest BCUT2D eigenvalue weighted by molar-refractivity contribution is -0.169. The number of nitrogens with zero attached hydrogens (tertiary/aromatic N) is 1. The Labute approximate surface area is 198 Å². The van der Waals surface area contributed by atoms with Crippen molar-refractivity contribution in [2.24, 2.45) is 0 Å². The fourth-order valence-corrected chi connectivity index (χ4v) is 3.72. The van der Waals surface area contributed by atoms with Gasteiger partial charge in [-0.15, -0.1) is 0 Å². The first-order valence-electron chi connectivity index (χ1n) is 11.0. The zero-order valence-corrected chi connectivity index (χ0v) is 19.4. The predicted octanol–water partition coefficient (Wildman–Crippen LogP) is 5.53. The molecule has 0 spiro atoms. The van der Waals surface area contributed by atoms with Crippen molar-refractivity contribution in [1.29, 1.82) is 0 Å². The summed E-state index contributed by atoms with van der Waals surface area (Å²) >= 11 is 0. The summed E-state index contributed by atoms with van der Waals surface area (Å²) in [6.45, 7) is 6.20. The van der Waals surface area contributed by atoms with Gasteiger partial charge < -0.3 is 19.1 Å². The maximum Gasteiger partial charge on any atom is 0.343 e. The molecule has 0 aliphatic heterocycles. The van der Waals surface area contributed by atoms with Crippen LogP contribution in [-0.2, 0) is 11.3 Å². The summed E-state index contributed by atoms with van der Waals surface area (Å²) in [5, 5.41) is 11.0. The molecule has 4 aromatic rings. The van der Waals surface area contributed by atoms with Crippen molar-refractivity contribution in [3.63, 3.8) is 0 Å². The van der Waals surface area contributed by atoms with Gasteiger partial charge in [0.05, 0.1) is 11.2 Å². The van der Waals surface area contributed by atoms with Crippen LogP contribution in [0.3, 0.4) is 0 Å². The first-order valence-corrected chi connectivity index (χ1v) is 11.0. The highest BCUT2D eigenvalue weighted by atomic mass is 16.6. The summed E-state index contributed by atoms with van der Waals surface area (Å²) in [5.41, 5.74) is 3.04. The Hall–Kier alpha value is -3.74. The summed E-state index contributed by atoms with van der Waals surface area (Å²) in [7, 11) is 0. The van der Waals surface area contributed by atoms with Crippen molar-refractivity contribution in [2.45, 2.75) is 39.2 Å². The molecule has 3 aromatic carbocycles. The maximum atomic E-state index is 12.4. The first-order chi connectivity index (χ1) is 16.2. The summed E-state index contributed by atoms with van der Waals surface area (Å²) in [4.78, 5) is 24.1. The number of esters is 1. The number of hydrogen-bond acceptors (Lipinski definition) is 5. The van der Waals surface area contributed by atoms with Crippen LogP contribution in [0.5, 0.6) is 5.75 Å². The lowest BCUT2D eigenvalue weighted by atomic mass is 10.1. The summed E-state index contributed by atoms with van der Waals surface area (Å²) in [6, 6.07) is 21.5. The number of aromatic nitrogens is 1. The zero-order valence-electron chi connectivity index (χ0n) is 19.4. The zero-order chi connectivity index (χ0) is 24.3. The van der Waals surface area contributed by atoms with Crippen molar-refractivity contribution in [3.8, 4) is 5.75 Å². The minimum atomic E-state index is -1.000. The van der Waals surface area contributed by atoms with Crippen molar-refractivity contribution in [1.82, 2.24) is 4.57 Å². The Morgan fingerprint density at radius 1 is 1.03 bits per heavy atom. The molecule has 4 rings (SSSR count). The number of fused-ring (bicyclic) bond motifs is 1. The Bertz CT molecular complexity index is 1300. The van der Waals surface area contributed by atoms with Gasteiger partial charge in [0.15, 0.2) is 12.6 Å². The van der Waals surface area contributed by atoms with Gasteiger partial charge in [-0.3, -0.25) is 4.79 Å². The van der Waals surface area contributed by atoms with Crippen LogP contribution in [-0.4, -0.2) is 27.5 Å². The number of aldehydes is 1. The average Bonchev–Trinajstić information content (AvgIpc) is 3.15. The van der Waals surface area contributed by atoms with Crippen LogP contribution >= 0.6 is 0 Å². The Morgan fingerprint density at radius 2 is 1.74 bits per heavy atom. The number of benzene rings is 3. The average molecular weight is 458 g/mol. The van der Waals surface area contributed by atoms with E-state index in [0.717, 1.165) is 17.4 Å². The molecule has 0 aliphatic carbocycles. The number of carbonyl (C=O) groups is 2.